The summed E-state index contributed by atoms with van der Waals surface area (Å²) in [6.45, 7) is 3.58. The van der Waals surface area contributed by atoms with Crippen molar-refractivity contribution in [3.05, 3.63) is 48.4 Å². The van der Waals surface area contributed by atoms with Crippen LogP contribution in [0, 0.1) is 5.92 Å². The third-order valence-electron chi connectivity index (χ3n) is 5.51. The van der Waals surface area contributed by atoms with Crippen LogP contribution in [0.5, 0.6) is 0 Å². The minimum absolute atomic E-state index is 0.0507. The Bertz CT molecular complexity index is 779. The molecule has 1 aliphatic heterocycles. The summed E-state index contributed by atoms with van der Waals surface area (Å²) in [4.78, 5) is 25.9. The van der Waals surface area contributed by atoms with Gasteiger partial charge in [-0.3, -0.25) is 19.7 Å². The standard InChI is InChI=1S/C21H26N4O2/c26-11-6-19-15-25(10-9-24(19)14-16-4-5-16)21(27)18-3-1-2-17(12-18)20-13-22-7-8-23-20/h1-3,7-8,12-13,16,19,26H,4-6,9-11,14-15H2. The van der Waals surface area contributed by atoms with Crippen molar-refractivity contribution in [1.82, 2.24) is 19.8 Å². The van der Waals surface area contributed by atoms with Gasteiger partial charge in [-0.25, -0.2) is 0 Å². The molecule has 142 valence electrons. The van der Waals surface area contributed by atoms with Gasteiger partial charge in [-0.15, -0.1) is 0 Å². The van der Waals surface area contributed by atoms with E-state index in [1.54, 1.807) is 18.6 Å². The van der Waals surface area contributed by atoms with Gasteiger partial charge in [0.2, 0.25) is 0 Å². The number of hydrogen-bond donors (Lipinski definition) is 1. The largest absolute Gasteiger partial charge is 0.396 e. The quantitative estimate of drug-likeness (QED) is 0.847. The van der Waals surface area contributed by atoms with Crippen molar-refractivity contribution in [2.45, 2.75) is 25.3 Å². The van der Waals surface area contributed by atoms with E-state index >= 15 is 0 Å². The molecule has 1 aromatic heterocycles. The van der Waals surface area contributed by atoms with Gasteiger partial charge >= 0.3 is 0 Å². The van der Waals surface area contributed by atoms with E-state index in [1.807, 2.05) is 29.2 Å². The Morgan fingerprint density at radius 1 is 1.22 bits per heavy atom. The topological polar surface area (TPSA) is 69.6 Å². The van der Waals surface area contributed by atoms with Gasteiger partial charge in [0.1, 0.15) is 0 Å². The Kier molecular flexibility index (Phi) is 5.45. The number of carbonyl (C=O) groups excluding carboxylic acids is 1. The van der Waals surface area contributed by atoms with Crippen LogP contribution < -0.4 is 0 Å². The molecule has 2 aromatic rings. The van der Waals surface area contributed by atoms with Crippen LogP contribution in [0.3, 0.4) is 0 Å². The van der Waals surface area contributed by atoms with E-state index < -0.39 is 0 Å². The second kappa shape index (κ2) is 8.15. The molecule has 1 saturated heterocycles. The third kappa shape index (κ3) is 4.34. The zero-order chi connectivity index (χ0) is 18.6. The van der Waals surface area contributed by atoms with Gasteiger partial charge in [0.15, 0.2) is 0 Å². The molecule has 1 N–H and O–H groups in total. The fourth-order valence-electron chi connectivity index (χ4n) is 3.81. The van der Waals surface area contributed by atoms with Crippen molar-refractivity contribution in [2.75, 3.05) is 32.8 Å². The molecule has 27 heavy (non-hydrogen) atoms. The van der Waals surface area contributed by atoms with Crippen LogP contribution in [0.25, 0.3) is 11.3 Å². The summed E-state index contributed by atoms with van der Waals surface area (Å²) in [6, 6.07) is 7.84. The van der Waals surface area contributed by atoms with E-state index in [1.165, 1.54) is 12.8 Å². The summed E-state index contributed by atoms with van der Waals surface area (Å²) < 4.78 is 0. The van der Waals surface area contributed by atoms with Crippen molar-refractivity contribution in [2.24, 2.45) is 5.92 Å². The summed E-state index contributed by atoms with van der Waals surface area (Å²) in [5.74, 6) is 0.867. The van der Waals surface area contributed by atoms with Gasteiger partial charge in [-0.2, -0.15) is 0 Å². The third-order valence-corrected chi connectivity index (χ3v) is 5.51. The predicted octanol–water partition coefficient (Wildman–Crippen LogP) is 2.06. The Morgan fingerprint density at radius 3 is 2.85 bits per heavy atom. The molecule has 1 saturated carbocycles. The molecule has 6 nitrogen and oxygen atoms in total. The predicted molar refractivity (Wildman–Crippen MR) is 103 cm³/mol. The molecular formula is C21H26N4O2. The lowest BCUT2D eigenvalue weighted by molar-refractivity contribution is 0.0407. The van der Waals surface area contributed by atoms with Crippen molar-refractivity contribution < 1.29 is 9.90 Å². The monoisotopic (exact) mass is 366 g/mol. The summed E-state index contributed by atoms with van der Waals surface area (Å²) in [5.41, 5.74) is 2.34. The molecule has 0 spiro atoms. The Balaban J connectivity index is 1.47. The van der Waals surface area contributed by atoms with E-state index in [0.717, 1.165) is 43.2 Å². The minimum atomic E-state index is 0.0507. The van der Waals surface area contributed by atoms with E-state index in [0.29, 0.717) is 12.1 Å². The normalized spacial score (nSPS) is 20.6. The highest BCUT2D eigenvalue weighted by molar-refractivity contribution is 5.95. The lowest BCUT2D eigenvalue weighted by atomic mass is 10.0. The molecule has 1 amide bonds. The van der Waals surface area contributed by atoms with Crippen LogP contribution in [0.4, 0.5) is 0 Å². The number of benzene rings is 1. The van der Waals surface area contributed by atoms with Crippen molar-refractivity contribution in [3.8, 4) is 11.3 Å². The number of rotatable bonds is 6. The summed E-state index contributed by atoms with van der Waals surface area (Å²) in [5, 5.41) is 9.45. The fourth-order valence-corrected chi connectivity index (χ4v) is 3.81. The number of carbonyl (C=O) groups is 1. The van der Waals surface area contributed by atoms with Crippen LogP contribution in [0.2, 0.25) is 0 Å². The van der Waals surface area contributed by atoms with Crippen LogP contribution in [0.15, 0.2) is 42.9 Å². The number of aromatic nitrogens is 2. The van der Waals surface area contributed by atoms with E-state index in [4.69, 9.17) is 0 Å². The molecule has 0 bridgehead atoms. The van der Waals surface area contributed by atoms with Crippen molar-refractivity contribution in [3.63, 3.8) is 0 Å². The molecule has 1 aromatic carbocycles. The van der Waals surface area contributed by atoms with Gasteiger partial charge in [-0.05, 0) is 37.3 Å². The summed E-state index contributed by atoms with van der Waals surface area (Å²) in [6.07, 6.45) is 8.36. The lowest BCUT2D eigenvalue weighted by Crippen LogP contribution is -2.55. The number of amides is 1. The van der Waals surface area contributed by atoms with Gasteiger partial charge in [0, 0.05) is 62.3 Å². The second-order valence-corrected chi connectivity index (χ2v) is 7.53. The SMILES string of the molecule is O=C(c1cccc(-c2cnccn2)c1)N1CCN(CC2CC2)C(CCO)C1. The van der Waals surface area contributed by atoms with Crippen LogP contribution in [-0.4, -0.2) is 69.6 Å². The summed E-state index contributed by atoms with van der Waals surface area (Å²) >= 11 is 0. The maximum absolute atomic E-state index is 13.1. The van der Waals surface area contributed by atoms with E-state index in [9.17, 15) is 9.90 Å². The molecule has 0 radical (unpaired) electrons. The van der Waals surface area contributed by atoms with Crippen LogP contribution in [0.1, 0.15) is 29.6 Å². The van der Waals surface area contributed by atoms with Crippen LogP contribution >= 0.6 is 0 Å². The minimum Gasteiger partial charge on any atom is -0.396 e. The van der Waals surface area contributed by atoms with Gasteiger partial charge < -0.3 is 10.0 Å². The van der Waals surface area contributed by atoms with Crippen molar-refractivity contribution >= 4 is 5.91 Å². The average Bonchev–Trinajstić information content (AvgIpc) is 3.54. The maximum Gasteiger partial charge on any atom is 0.253 e. The van der Waals surface area contributed by atoms with E-state index in [-0.39, 0.29) is 18.6 Å². The number of aliphatic hydroxyl groups excluding tert-OH is 1. The highest BCUT2D eigenvalue weighted by atomic mass is 16.3. The molecule has 1 atom stereocenters. The van der Waals surface area contributed by atoms with Crippen LogP contribution in [-0.2, 0) is 0 Å². The summed E-state index contributed by atoms with van der Waals surface area (Å²) in [7, 11) is 0. The van der Waals surface area contributed by atoms with Gasteiger partial charge in [-0.1, -0.05) is 12.1 Å². The first kappa shape index (κ1) is 18.1. The molecule has 1 aliphatic carbocycles. The molecule has 1 unspecified atom stereocenters. The number of nitrogens with zero attached hydrogens (tertiary/aromatic N) is 4. The molecule has 4 rings (SSSR count). The Morgan fingerprint density at radius 2 is 2.11 bits per heavy atom. The maximum atomic E-state index is 13.1. The molecule has 2 heterocycles. The molecule has 2 fully saturated rings. The number of aliphatic hydroxyl groups is 1. The second-order valence-electron chi connectivity index (χ2n) is 7.53. The Hall–Kier alpha value is -2.31. The average molecular weight is 366 g/mol. The molecule has 6 heteroatoms. The first-order valence-electron chi connectivity index (χ1n) is 9.75. The van der Waals surface area contributed by atoms with E-state index in [2.05, 4.69) is 14.9 Å². The lowest BCUT2D eigenvalue weighted by Gasteiger charge is -2.41. The highest BCUT2D eigenvalue weighted by Gasteiger charge is 2.33. The van der Waals surface area contributed by atoms with Gasteiger partial charge in [0.05, 0.1) is 11.9 Å². The Labute approximate surface area is 159 Å². The molecule has 2 aliphatic rings. The number of hydrogen-bond acceptors (Lipinski definition) is 5. The number of piperazine rings is 1. The fraction of sp³-hybridized carbons (Fsp3) is 0.476. The first-order chi connectivity index (χ1) is 13.2. The smallest absolute Gasteiger partial charge is 0.253 e. The van der Waals surface area contributed by atoms with Crippen molar-refractivity contribution in [1.29, 1.82) is 0 Å². The highest BCUT2D eigenvalue weighted by Crippen LogP contribution is 2.31. The first-order valence-corrected chi connectivity index (χ1v) is 9.75. The molecular weight excluding hydrogens is 340 g/mol. The zero-order valence-electron chi connectivity index (χ0n) is 15.5. The zero-order valence-corrected chi connectivity index (χ0v) is 15.5. The van der Waals surface area contributed by atoms with Gasteiger partial charge in [0.25, 0.3) is 5.91 Å².